The van der Waals surface area contributed by atoms with E-state index >= 15 is 0 Å². The largest absolute Gasteiger partial charge is 0.490 e. The van der Waals surface area contributed by atoms with E-state index in [2.05, 4.69) is 20.3 Å². The van der Waals surface area contributed by atoms with Crippen LogP contribution in [0.3, 0.4) is 0 Å². The van der Waals surface area contributed by atoms with Crippen LogP contribution in [-0.2, 0) is 24.9 Å². The minimum Gasteiger partial charge on any atom is -0.490 e. The Hall–Kier alpha value is -4.82. The van der Waals surface area contributed by atoms with Gasteiger partial charge in [0.2, 0.25) is 5.95 Å². The van der Waals surface area contributed by atoms with Gasteiger partial charge in [-0.3, -0.25) is 4.90 Å². The normalized spacial score (nSPS) is 16.7. The molecule has 1 aliphatic rings. The number of hydrogen-bond acceptors (Lipinski definition) is 7. The molecule has 0 fully saturated rings. The number of benzene rings is 1. The van der Waals surface area contributed by atoms with Crippen molar-refractivity contribution in [2.24, 2.45) is 0 Å². The SMILES string of the molecule is CC[C@@H]1C[C@H](Nc2ncc(OCCCC#N)c(Cc3cc(C(F)(F)F)cc(C(F)(F)F)c3)n2)c2nc(C(F)(F)F)ccc2N1C(=O)O. The predicted molar refractivity (Wildman–Crippen MR) is 146 cm³/mol. The summed E-state index contributed by atoms with van der Waals surface area (Å²) in [5.41, 5.74) is -5.41. The second-order valence-corrected chi connectivity index (χ2v) is 10.5. The lowest BCUT2D eigenvalue weighted by atomic mass is 9.93. The van der Waals surface area contributed by atoms with E-state index in [0.717, 1.165) is 17.2 Å². The molecule has 0 saturated heterocycles. The van der Waals surface area contributed by atoms with Gasteiger partial charge >= 0.3 is 24.6 Å². The highest BCUT2D eigenvalue weighted by atomic mass is 19.4. The van der Waals surface area contributed by atoms with E-state index in [0.29, 0.717) is 18.2 Å². The van der Waals surface area contributed by atoms with Gasteiger partial charge in [0, 0.05) is 18.9 Å². The molecule has 4 rings (SSSR count). The summed E-state index contributed by atoms with van der Waals surface area (Å²) in [5, 5.41) is 21.4. The van der Waals surface area contributed by atoms with E-state index in [4.69, 9.17) is 10.00 Å². The second kappa shape index (κ2) is 13.5. The van der Waals surface area contributed by atoms with Crippen LogP contribution in [0.1, 0.15) is 72.4 Å². The van der Waals surface area contributed by atoms with Crippen molar-refractivity contribution in [2.75, 3.05) is 16.8 Å². The predicted octanol–water partition coefficient (Wildman–Crippen LogP) is 8.02. The van der Waals surface area contributed by atoms with Crippen LogP contribution in [0, 0.1) is 11.3 Å². The first-order chi connectivity index (χ1) is 21.9. The number of pyridine rings is 1. The Morgan fingerprint density at radius 3 is 2.26 bits per heavy atom. The van der Waals surface area contributed by atoms with E-state index in [1.165, 1.54) is 0 Å². The van der Waals surface area contributed by atoms with Crippen molar-refractivity contribution in [2.45, 2.75) is 69.6 Å². The molecule has 2 atom stereocenters. The summed E-state index contributed by atoms with van der Waals surface area (Å²) in [6.07, 6.45) is -15.6. The number of amides is 1. The zero-order valence-electron chi connectivity index (χ0n) is 24.3. The molecule has 3 heterocycles. The van der Waals surface area contributed by atoms with Crippen LogP contribution in [0.2, 0.25) is 0 Å². The number of ether oxygens (including phenoxy) is 1. The van der Waals surface area contributed by atoms with E-state index in [1.807, 2.05) is 6.07 Å². The highest BCUT2D eigenvalue weighted by molar-refractivity contribution is 5.88. The monoisotopic (exact) mass is 676 g/mol. The minimum absolute atomic E-state index is 0.0248. The average molecular weight is 677 g/mol. The number of hydrogen-bond donors (Lipinski definition) is 2. The molecule has 2 aromatic heterocycles. The fraction of sp³-hybridized carbons (Fsp3) is 0.414. The number of alkyl halides is 9. The molecule has 18 heteroatoms. The first-order valence-electron chi connectivity index (χ1n) is 13.9. The number of nitriles is 1. The summed E-state index contributed by atoms with van der Waals surface area (Å²) >= 11 is 0. The molecule has 0 bridgehead atoms. The van der Waals surface area contributed by atoms with E-state index in [9.17, 15) is 49.4 Å². The lowest BCUT2D eigenvalue weighted by molar-refractivity contribution is -0.143. The first-order valence-corrected chi connectivity index (χ1v) is 13.9. The van der Waals surface area contributed by atoms with Crippen LogP contribution in [0.4, 0.5) is 55.9 Å². The van der Waals surface area contributed by atoms with Gasteiger partial charge in [0.15, 0.2) is 5.75 Å². The molecule has 1 aromatic carbocycles. The zero-order chi connectivity index (χ0) is 34.7. The minimum atomic E-state index is -5.11. The van der Waals surface area contributed by atoms with Crippen molar-refractivity contribution in [3.63, 3.8) is 0 Å². The molecule has 252 valence electrons. The Morgan fingerprint density at radius 1 is 1.04 bits per heavy atom. The molecule has 0 saturated carbocycles. The molecule has 0 unspecified atom stereocenters. The Kier molecular flexibility index (Phi) is 10.1. The number of nitrogens with zero attached hydrogens (tertiary/aromatic N) is 5. The Balaban J connectivity index is 1.78. The molecule has 1 aliphatic heterocycles. The van der Waals surface area contributed by atoms with Crippen LogP contribution in [0.5, 0.6) is 5.75 Å². The third kappa shape index (κ3) is 8.32. The van der Waals surface area contributed by atoms with Gasteiger partial charge in [-0.2, -0.15) is 44.8 Å². The second-order valence-electron chi connectivity index (χ2n) is 10.5. The van der Waals surface area contributed by atoms with E-state index in [1.54, 1.807) is 6.92 Å². The zero-order valence-corrected chi connectivity index (χ0v) is 24.3. The van der Waals surface area contributed by atoms with Crippen molar-refractivity contribution < 1.29 is 54.2 Å². The average Bonchev–Trinajstić information content (AvgIpc) is 2.98. The number of rotatable bonds is 9. The molecule has 0 spiro atoms. The molecule has 0 aliphatic carbocycles. The summed E-state index contributed by atoms with van der Waals surface area (Å²) in [5.74, 6) is -0.411. The number of halogens is 9. The topological polar surface area (TPSA) is 124 Å². The fourth-order valence-corrected chi connectivity index (χ4v) is 5.03. The first kappa shape index (κ1) is 35.0. The standard InChI is InChI=1S/C29H25F9N6O3/c1-2-18-13-20(24-21(44(18)26(45)46)5-6-23(43-24)29(36,37)38)42-25-40-14-22(47-8-4-3-7-39)19(41-25)11-15-9-16(27(30,31)32)12-17(10-15)28(33,34)35/h5-6,9-10,12,14,18,20H,2-4,8,11,13H2,1H3,(H,45,46)(H,40,41,42)/t18-,20+/m1/s1. The van der Waals surface area contributed by atoms with Crippen LogP contribution in [0.15, 0.2) is 36.5 Å². The maximum absolute atomic E-state index is 13.6. The van der Waals surface area contributed by atoms with Gasteiger partial charge < -0.3 is 15.2 Å². The number of aromatic nitrogens is 3. The van der Waals surface area contributed by atoms with Crippen LogP contribution < -0.4 is 15.0 Å². The molecule has 0 radical (unpaired) electrons. The van der Waals surface area contributed by atoms with Gasteiger partial charge in [-0.05, 0) is 55.2 Å². The number of unbranched alkanes of at least 4 members (excludes halogenated alkanes) is 1. The number of anilines is 2. The summed E-state index contributed by atoms with van der Waals surface area (Å²) in [7, 11) is 0. The number of nitrogens with one attached hydrogen (secondary N) is 1. The van der Waals surface area contributed by atoms with Crippen molar-refractivity contribution in [1.29, 1.82) is 5.26 Å². The lowest BCUT2D eigenvalue weighted by Crippen LogP contribution is -2.45. The molecule has 3 aromatic rings. The van der Waals surface area contributed by atoms with Gasteiger partial charge in [-0.25, -0.2) is 19.7 Å². The van der Waals surface area contributed by atoms with Crippen molar-refractivity contribution >= 4 is 17.7 Å². The maximum Gasteiger partial charge on any atom is 0.433 e. The lowest BCUT2D eigenvalue weighted by Gasteiger charge is -2.38. The summed E-state index contributed by atoms with van der Waals surface area (Å²) in [6, 6.07) is 2.73. The van der Waals surface area contributed by atoms with Gasteiger partial charge in [-0.15, -0.1) is 0 Å². The summed E-state index contributed by atoms with van der Waals surface area (Å²) in [6.45, 7) is 1.59. The van der Waals surface area contributed by atoms with Gasteiger partial charge in [0.1, 0.15) is 5.69 Å². The van der Waals surface area contributed by atoms with Crippen molar-refractivity contribution in [1.82, 2.24) is 15.0 Å². The number of carboxylic acid groups (broad SMARTS) is 1. The molecule has 1 amide bonds. The van der Waals surface area contributed by atoms with E-state index in [-0.39, 0.29) is 67.1 Å². The molecule has 2 N–H and O–H groups in total. The van der Waals surface area contributed by atoms with Crippen LogP contribution in [-0.4, -0.2) is 38.8 Å². The van der Waals surface area contributed by atoms with Crippen molar-refractivity contribution in [3.05, 3.63) is 70.3 Å². The van der Waals surface area contributed by atoms with Gasteiger partial charge in [-0.1, -0.05) is 6.92 Å². The summed E-state index contributed by atoms with van der Waals surface area (Å²) in [4.78, 5) is 25.0. The molecular formula is C29H25F9N6O3. The third-order valence-corrected chi connectivity index (χ3v) is 7.17. The van der Waals surface area contributed by atoms with Gasteiger partial charge in [0.05, 0.1) is 53.1 Å². The Bertz CT molecular complexity index is 1620. The van der Waals surface area contributed by atoms with Crippen molar-refractivity contribution in [3.8, 4) is 11.8 Å². The highest BCUT2D eigenvalue weighted by Gasteiger charge is 2.41. The molecule has 47 heavy (non-hydrogen) atoms. The Labute approximate surface area is 261 Å². The highest BCUT2D eigenvalue weighted by Crippen LogP contribution is 2.41. The molecular weight excluding hydrogens is 651 g/mol. The summed E-state index contributed by atoms with van der Waals surface area (Å²) < 4.78 is 127. The van der Waals surface area contributed by atoms with E-state index < -0.39 is 65.5 Å². The van der Waals surface area contributed by atoms with Crippen LogP contribution >= 0.6 is 0 Å². The van der Waals surface area contributed by atoms with Crippen LogP contribution in [0.25, 0.3) is 0 Å². The maximum atomic E-state index is 13.6. The number of carbonyl (C=O) groups is 1. The molecule has 9 nitrogen and oxygen atoms in total. The third-order valence-electron chi connectivity index (χ3n) is 7.17. The van der Waals surface area contributed by atoms with Gasteiger partial charge in [0.25, 0.3) is 0 Å². The fourth-order valence-electron chi connectivity index (χ4n) is 5.03. The Morgan fingerprint density at radius 2 is 1.70 bits per heavy atom. The number of fused-ring (bicyclic) bond motifs is 1. The quantitative estimate of drug-likeness (QED) is 0.173. The smallest absolute Gasteiger partial charge is 0.433 e.